The molecule has 1 heterocycles. The molecule has 1 aromatic carbocycles. The molecule has 0 aliphatic rings. The third-order valence-electron chi connectivity index (χ3n) is 3.59. The lowest BCUT2D eigenvalue weighted by Gasteiger charge is -2.25. The molecule has 2 aromatic rings. The van der Waals surface area contributed by atoms with Crippen molar-refractivity contribution in [2.75, 3.05) is 6.54 Å². The summed E-state index contributed by atoms with van der Waals surface area (Å²) in [5.41, 5.74) is 11.1. The molecule has 1 aromatic heterocycles. The molecule has 0 amide bonds. The summed E-state index contributed by atoms with van der Waals surface area (Å²) in [6.07, 6.45) is 1.01. The van der Waals surface area contributed by atoms with Crippen LogP contribution in [0, 0.1) is 13.8 Å². The molecule has 92 valence electrons. The van der Waals surface area contributed by atoms with Crippen molar-refractivity contribution in [1.29, 1.82) is 0 Å². The van der Waals surface area contributed by atoms with Crippen molar-refractivity contribution >= 4 is 10.9 Å². The molecule has 0 spiro atoms. The molecule has 3 N–H and O–H groups in total. The lowest BCUT2D eigenvalue weighted by Crippen LogP contribution is -2.22. The number of hydrogen-bond acceptors (Lipinski definition) is 1. The standard InChI is InChI=1S/C15H22N2/c1-10-5-6-13-12(9-10)14(11(2)17-13)15(3,4)7-8-16/h5-6,9,17H,7-8,16H2,1-4H3. The van der Waals surface area contributed by atoms with Gasteiger partial charge in [0.2, 0.25) is 0 Å². The van der Waals surface area contributed by atoms with E-state index in [0.29, 0.717) is 0 Å². The Labute approximate surface area is 103 Å². The van der Waals surface area contributed by atoms with Gasteiger partial charge in [-0.3, -0.25) is 0 Å². The average molecular weight is 230 g/mol. The second kappa shape index (κ2) is 4.19. The molecule has 2 rings (SSSR count). The predicted octanol–water partition coefficient (Wildman–Crippen LogP) is 3.41. The summed E-state index contributed by atoms with van der Waals surface area (Å²) in [7, 11) is 0. The number of H-pyrrole nitrogens is 1. The van der Waals surface area contributed by atoms with Gasteiger partial charge in [-0.1, -0.05) is 25.5 Å². The molecular formula is C15H22N2. The number of hydrogen-bond donors (Lipinski definition) is 2. The molecule has 0 fully saturated rings. The first kappa shape index (κ1) is 12.2. The molecular weight excluding hydrogens is 208 g/mol. The van der Waals surface area contributed by atoms with Crippen LogP contribution in [0.1, 0.15) is 37.1 Å². The van der Waals surface area contributed by atoms with Crippen molar-refractivity contribution in [2.24, 2.45) is 5.73 Å². The van der Waals surface area contributed by atoms with Crippen LogP contribution in [0.2, 0.25) is 0 Å². The zero-order valence-corrected chi connectivity index (χ0v) is 11.2. The molecule has 0 saturated heterocycles. The summed E-state index contributed by atoms with van der Waals surface area (Å²) in [4.78, 5) is 3.48. The first-order chi connectivity index (χ1) is 7.95. The van der Waals surface area contributed by atoms with Crippen LogP contribution in [-0.4, -0.2) is 11.5 Å². The Balaban J connectivity index is 2.67. The predicted molar refractivity (Wildman–Crippen MR) is 74.5 cm³/mol. The second-order valence-corrected chi connectivity index (χ2v) is 5.60. The Kier molecular flexibility index (Phi) is 3.00. The molecule has 0 unspecified atom stereocenters. The molecule has 2 heteroatoms. The SMILES string of the molecule is Cc1ccc2[nH]c(C)c(C(C)(C)CCN)c2c1. The van der Waals surface area contributed by atoms with Crippen molar-refractivity contribution < 1.29 is 0 Å². The minimum absolute atomic E-state index is 0.130. The van der Waals surface area contributed by atoms with Gasteiger partial charge >= 0.3 is 0 Å². The lowest BCUT2D eigenvalue weighted by molar-refractivity contribution is 0.489. The van der Waals surface area contributed by atoms with Crippen LogP contribution in [0.5, 0.6) is 0 Å². The third-order valence-corrected chi connectivity index (χ3v) is 3.59. The maximum absolute atomic E-state index is 5.73. The van der Waals surface area contributed by atoms with Gasteiger partial charge in [-0.05, 0) is 49.9 Å². The molecule has 0 radical (unpaired) electrons. The molecule has 0 aliphatic carbocycles. The van der Waals surface area contributed by atoms with Crippen LogP contribution in [0.4, 0.5) is 0 Å². The Morgan fingerprint density at radius 2 is 1.94 bits per heavy atom. The van der Waals surface area contributed by atoms with Gasteiger partial charge in [0, 0.05) is 16.6 Å². The minimum Gasteiger partial charge on any atom is -0.358 e. The van der Waals surface area contributed by atoms with Crippen LogP contribution < -0.4 is 5.73 Å². The molecule has 0 bridgehead atoms. The fourth-order valence-corrected chi connectivity index (χ4v) is 2.80. The summed E-state index contributed by atoms with van der Waals surface area (Å²) in [5, 5.41) is 1.35. The second-order valence-electron chi connectivity index (χ2n) is 5.60. The molecule has 0 aliphatic heterocycles. The normalized spacial score (nSPS) is 12.3. The maximum Gasteiger partial charge on any atom is 0.0459 e. The fraction of sp³-hybridized carbons (Fsp3) is 0.467. The van der Waals surface area contributed by atoms with E-state index < -0.39 is 0 Å². The summed E-state index contributed by atoms with van der Waals surface area (Å²) in [5.74, 6) is 0. The van der Waals surface area contributed by atoms with E-state index in [1.807, 2.05) is 0 Å². The Bertz CT molecular complexity index is 535. The van der Waals surface area contributed by atoms with Crippen molar-refractivity contribution in [1.82, 2.24) is 4.98 Å². The van der Waals surface area contributed by atoms with E-state index in [-0.39, 0.29) is 5.41 Å². The number of benzene rings is 1. The van der Waals surface area contributed by atoms with Crippen LogP contribution in [-0.2, 0) is 5.41 Å². The van der Waals surface area contributed by atoms with Crippen molar-refractivity contribution in [2.45, 2.75) is 39.5 Å². The zero-order chi connectivity index (χ0) is 12.6. The number of aryl methyl sites for hydroxylation is 2. The van der Waals surface area contributed by atoms with E-state index in [1.165, 1.54) is 27.7 Å². The number of fused-ring (bicyclic) bond motifs is 1. The van der Waals surface area contributed by atoms with E-state index in [2.05, 4.69) is 50.9 Å². The summed E-state index contributed by atoms with van der Waals surface area (Å²) >= 11 is 0. The maximum atomic E-state index is 5.73. The average Bonchev–Trinajstić information content (AvgIpc) is 2.53. The third kappa shape index (κ3) is 2.09. The zero-order valence-electron chi connectivity index (χ0n) is 11.2. The smallest absolute Gasteiger partial charge is 0.0459 e. The number of rotatable bonds is 3. The van der Waals surface area contributed by atoms with Crippen LogP contribution in [0.25, 0.3) is 10.9 Å². The molecule has 17 heavy (non-hydrogen) atoms. The van der Waals surface area contributed by atoms with E-state index >= 15 is 0 Å². The van der Waals surface area contributed by atoms with Gasteiger partial charge in [-0.15, -0.1) is 0 Å². The quantitative estimate of drug-likeness (QED) is 0.833. The minimum atomic E-state index is 0.130. The van der Waals surface area contributed by atoms with Crippen LogP contribution >= 0.6 is 0 Å². The Hall–Kier alpha value is -1.28. The largest absolute Gasteiger partial charge is 0.358 e. The number of nitrogens with one attached hydrogen (secondary N) is 1. The highest BCUT2D eigenvalue weighted by Crippen LogP contribution is 2.35. The highest BCUT2D eigenvalue weighted by Gasteiger charge is 2.25. The number of aromatic nitrogens is 1. The molecule has 0 saturated carbocycles. The van der Waals surface area contributed by atoms with Gasteiger partial charge in [-0.2, -0.15) is 0 Å². The summed E-state index contributed by atoms with van der Waals surface area (Å²) < 4.78 is 0. The summed E-state index contributed by atoms with van der Waals surface area (Å²) in [6, 6.07) is 6.59. The Morgan fingerprint density at radius 1 is 1.24 bits per heavy atom. The fourth-order valence-electron chi connectivity index (χ4n) is 2.80. The number of nitrogens with two attached hydrogens (primary N) is 1. The van der Waals surface area contributed by atoms with Crippen LogP contribution in [0.15, 0.2) is 18.2 Å². The van der Waals surface area contributed by atoms with Gasteiger partial charge in [0.05, 0.1) is 0 Å². The van der Waals surface area contributed by atoms with Crippen molar-refractivity contribution in [3.05, 3.63) is 35.0 Å². The molecule has 2 nitrogen and oxygen atoms in total. The number of aromatic amines is 1. The Morgan fingerprint density at radius 3 is 2.59 bits per heavy atom. The van der Waals surface area contributed by atoms with E-state index in [9.17, 15) is 0 Å². The van der Waals surface area contributed by atoms with Gasteiger partial charge in [-0.25, -0.2) is 0 Å². The highest BCUT2D eigenvalue weighted by molar-refractivity contribution is 5.86. The highest BCUT2D eigenvalue weighted by atomic mass is 14.7. The van der Waals surface area contributed by atoms with Crippen molar-refractivity contribution in [3.8, 4) is 0 Å². The van der Waals surface area contributed by atoms with E-state index in [1.54, 1.807) is 0 Å². The first-order valence-corrected chi connectivity index (χ1v) is 6.25. The van der Waals surface area contributed by atoms with Gasteiger partial charge in [0.25, 0.3) is 0 Å². The molecule has 0 atom stereocenters. The van der Waals surface area contributed by atoms with Crippen molar-refractivity contribution in [3.63, 3.8) is 0 Å². The van der Waals surface area contributed by atoms with Gasteiger partial charge in [0.1, 0.15) is 0 Å². The lowest BCUT2D eigenvalue weighted by atomic mass is 9.80. The van der Waals surface area contributed by atoms with E-state index in [0.717, 1.165) is 13.0 Å². The van der Waals surface area contributed by atoms with Crippen LogP contribution in [0.3, 0.4) is 0 Å². The van der Waals surface area contributed by atoms with Gasteiger partial charge < -0.3 is 10.7 Å². The summed E-state index contributed by atoms with van der Waals surface area (Å²) in [6.45, 7) is 9.57. The topological polar surface area (TPSA) is 41.8 Å². The van der Waals surface area contributed by atoms with E-state index in [4.69, 9.17) is 5.73 Å². The first-order valence-electron chi connectivity index (χ1n) is 6.25. The van der Waals surface area contributed by atoms with Gasteiger partial charge in [0.15, 0.2) is 0 Å². The monoisotopic (exact) mass is 230 g/mol.